The Morgan fingerprint density at radius 2 is 1.55 bits per heavy atom. The molecule has 15 nitrogen and oxygen atoms in total. The lowest BCUT2D eigenvalue weighted by atomic mass is 9.44. The molecule has 2 bridgehead atoms. The Morgan fingerprint density at radius 1 is 0.948 bits per heavy atom. The second-order valence-electron chi connectivity index (χ2n) is 17.6. The number of carbonyl (C=O) groups is 5. The quantitative estimate of drug-likeness (QED) is 0.147. The van der Waals surface area contributed by atoms with Crippen LogP contribution in [0.25, 0.3) is 0 Å². The summed E-state index contributed by atoms with van der Waals surface area (Å²) in [5.74, 6) is -5.36. The fourth-order valence-electron chi connectivity index (χ4n) is 9.56. The summed E-state index contributed by atoms with van der Waals surface area (Å²) in [7, 11) is 0. The molecular weight excluding hydrogens is 754 g/mol. The minimum atomic E-state index is -2.35. The number of aliphatic hydroxyl groups is 4. The van der Waals surface area contributed by atoms with Gasteiger partial charge in [0, 0.05) is 25.2 Å². The number of alkyl carbamates (subject to hydrolysis) is 1. The molecule has 58 heavy (non-hydrogen) atoms. The highest BCUT2D eigenvalue weighted by Gasteiger charge is 2.78. The van der Waals surface area contributed by atoms with Crippen LogP contribution in [0.5, 0.6) is 0 Å². The Morgan fingerprint density at radius 3 is 2.10 bits per heavy atom. The molecule has 6 rings (SSSR count). The number of fused-ring (bicyclic) bond motifs is 5. The maximum Gasteiger partial charge on any atom is 0.408 e. The molecule has 1 aliphatic heterocycles. The predicted molar refractivity (Wildman–Crippen MR) is 204 cm³/mol. The molecule has 15 heteroatoms. The van der Waals surface area contributed by atoms with Gasteiger partial charge in [0.05, 0.1) is 35.6 Å². The molecule has 0 spiro atoms. The number of ketones is 1. The summed E-state index contributed by atoms with van der Waals surface area (Å²) in [4.78, 5) is 68.9. The Hall–Kier alpha value is -4.67. The number of benzene rings is 2. The average Bonchev–Trinajstić information content (AvgIpc) is 3.14. The third-order valence-corrected chi connectivity index (χ3v) is 12.6. The van der Waals surface area contributed by atoms with Gasteiger partial charge in [-0.2, -0.15) is 0 Å². The van der Waals surface area contributed by atoms with E-state index in [-0.39, 0.29) is 29.7 Å². The van der Waals surface area contributed by atoms with Gasteiger partial charge >= 0.3 is 24.0 Å². The van der Waals surface area contributed by atoms with Crippen molar-refractivity contribution in [1.29, 1.82) is 0 Å². The van der Waals surface area contributed by atoms with E-state index in [0.717, 1.165) is 6.92 Å². The van der Waals surface area contributed by atoms with Gasteiger partial charge in [-0.3, -0.25) is 9.59 Å². The summed E-state index contributed by atoms with van der Waals surface area (Å²) in [6, 6.07) is 14.6. The largest absolute Gasteiger partial charge is 0.456 e. The number of esters is 3. The molecule has 2 unspecified atom stereocenters. The average molecular weight is 808 g/mol. The van der Waals surface area contributed by atoms with Gasteiger partial charge in [0.15, 0.2) is 17.5 Å². The Kier molecular flexibility index (Phi) is 11.2. The van der Waals surface area contributed by atoms with Gasteiger partial charge in [0.25, 0.3) is 0 Å². The summed E-state index contributed by atoms with van der Waals surface area (Å²) >= 11 is 0. The number of Topliss-reactive ketones (excluding diaryl/α,β-unsaturated/α-hetero) is 1. The summed E-state index contributed by atoms with van der Waals surface area (Å²) < 4.78 is 29.5. The lowest BCUT2D eigenvalue weighted by molar-refractivity contribution is -0.346. The van der Waals surface area contributed by atoms with Crippen molar-refractivity contribution >= 4 is 29.8 Å². The number of ether oxygens (including phenoxy) is 5. The fourth-order valence-corrected chi connectivity index (χ4v) is 9.56. The van der Waals surface area contributed by atoms with E-state index in [1.165, 1.54) is 26.0 Å². The zero-order valence-corrected chi connectivity index (χ0v) is 33.9. The molecule has 0 radical (unpaired) electrons. The summed E-state index contributed by atoms with van der Waals surface area (Å²) in [6.45, 7) is 11.8. The summed E-state index contributed by atoms with van der Waals surface area (Å²) in [5.41, 5.74) is -8.14. The van der Waals surface area contributed by atoms with Gasteiger partial charge in [-0.05, 0) is 63.5 Å². The molecule has 1 heterocycles. The number of rotatable bonds is 8. The van der Waals surface area contributed by atoms with Crippen molar-refractivity contribution in [2.75, 3.05) is 6.61 Å². The maximum atomic E-state index is 14.9. The van der Waals surface area contributed by atoms with Crippen LogP contribution >= 0.6 is 0 Å². The molecule has 3 fully saturated rings. The van der Waals surface area contributed by atoms with Crippen molar-refractivity contribution in [1.82, 2.24) is 5.32 Å². The molecular formula is C43H53NO14. The van der Waals surface area contributed by atoms with Crippen LogP contribution in [0, 0.1) is 16.7 Å². The van der Waals surface area contributed by atoms with Crippen LogP contribution in [-0.2, 0) is 38.1 Å². The van der Waals surface area contributed by atoms with Crippen LogP contribution in [0.15, 0.2) is 71.8 Å². The third-order valence-electron chi connectivity index (χ3n) is 12.6. The van der Waals surface area contributed by atoms with Crippen LogP contribution in [0.4, 0.5) is 4.79 Å². The fraction of sp³-hybridized carbons (Fsp3) is 0.558. The topological polar surface area (TPSA) is 224 Å². The predicted octanol–water partition coefficient (Wildman–Crippen LogP) is 3.26. The first-order valence-electron chi connectivity index (χ1n) is 19.3. The van der Waals surface area contributed by atoms with E-state index >= 15 is 0 Å². The van der Waals surface area contributed by atoms with Crippen molar-refractivity contribution in [2.45, 2.75) is 128 Å². The van der Waals surface area contributed by atoms with E-state index in [1.807, 2.05) is 0 Å². The van der Waals surface area contributed by atoms with Crippen molar-refractivity contribution in [3.8, 4) is 0 Å². The molecule has 2 aromatic rings. The number of hydrogen-bond donors (Lipinski definition) is 5. The van der Waals surface area contributed by atoms with Gasteiger partial charge in [0.1, 0.15) is 35.6 Å². The monoisotopic (exact) mass is 807 g/mol. The van der Waals surface area contributed by atoms with Crippen LogP contribution in [0.2, 0.25) is 0 Å². The minimum Gasteiger partial charge on any atom is -0.456 e. The van der Waals surface area contributed by atoms with Crippen molar-refractivity contribution in [2.24, 2.45) is 16.7 Å². The molecule has 1 amide bonds. The molecule has 0 aromatic heterocycles. The number of aliphatic hydroxyl groups excluding tert-OH is 3. The van der Waals surface area contributed by atoms with E-state index in [4.69, 9.17) is 23.7 Å². The second-order valence-corrected chi connectivity index (χ2v) is 17.6. The highest BCUT2D eigenvalue weighted by atomic mass is 16.6. The van der Waals surface area contributed by atoms with Gasteiger partial charge in [-0.15, -0.1) is 0 Å². The Labute approximate surface area is 336 Å². The van der Waals surface area contributed by atoms with Crippen LogP contribution in [-0.4, -0.2) is 110 Å². The summed E-state index contributed by atoms with van der Waals surface area (Å²) in [5, 5.41) is 51.6. The van der Waals surface area contributed by atoms with Crippen LogP contribution in [0.1, 0.15) is 90.2 Å². The van der Waals surface area contributed by atoms with Crippen LogP contribution < -0.4 is 5.32 Å². The lowest BCUT2D eigenvalue weighted by Crippen LogP contribution is -2.81. The number of hydrogen-bond acceptors (Lipinski definition) is 14. The number of carbonyl (C=O) groups excluding carboxylic acids is 5. The third kappa shape index (κ3) is 7.10. The van der Waals surface area contributed by atoms with E-state index in [0.29, 0.717) is 5.56 Å². The number of amides is 1. The van der Waals surface area contributed by atoms with E-state index < -0.39 is 112 Å². The van der Waals surface area contributed by atoms with Gasteiger partial charge in [-0.25, -0.2) is 14.4 Å². The van der Waals surface area contributed by atoms with E-state index in [2.05, 4.69) is 5.32 Å². The molecule has 1 saturated heterocycles. The molecule has 5 N–H and O–H groups in total. The highest BCUT2D eigenvalue weighted by molar-refractivity contribution is 5.94. The van der Waals surface area contributed by atoms with Gasteiger partial charge < -0.3 is 49.4 Å². The van der Waals surface area contributed by atoms with Crippen molar-refractivity contribution in [3.05, 3.63) is 82.9 Å². The van der Waals surface area contributed by atoms with Crippen molar-refractivity contribution in [3.63, 3.8) is 0 Å². The van der Waals surface area contributed by atoms with E-state index in [1.54, 1.807) is 83.1 Å². The Balaban J connectivity index is 1.49. The standard InChI is InChI=1S/C43H53NO14/c1-22-26(55-37(51)32(48)30(24-15-11-9-12-16-24)44-38(52)58-39(3,4)5)20-43(53)35(56-36(50)25-17-13-10-14-18-25)33-41(8,34(49)31(47)29(22)40(43,6)7)27(46)19-28-42(33,21-54-28)57-23(2)45/h9-18,26-28,30-33,35,46-48,53H,19-21H2,1-8H3,(H,44,52)/t26-,27-,28+,30-,31+,32+,33-,35-,41?,42-,43?/m0/s1. The first-order chi connectivity index (χ1) is 27.0. The number of nitrogens with one attached hydrogen (secondary N) is 1. The smallest absolute Gasteiger partial charge is 0.408 e. The normalized spacial score (nSPS) is 33.7. The first kappa shape index (κ1) is 42.9. The maximum absolute atomic E-state index is 14.9. The zero-order valence-electron chi connectivity index (χ0n) is 33.9. The van der Waals surface area contributed by atoms with Gasteiger partial charge in [-0.1, -0.05) is 62.4 Å². The summed E-state index contributed by atoms with van der Waals surface area (Å²) in [6.07, 6.45) is -11.5. The SMILES string of the molecule is CC(=O)O[C@@]12CO[C@@H]1C[C@H](O)C1(C)C(=O)[C@H](O)C3=C(C)[C@@H](OC(=O)[C@H](O)[C@@H](NC(=O)OC(C)(C)C)c4ccccc4)CC(O)([C@@H](OC(=O)c4ccccc4)[C@@H]12)C3(C)C. The molecule has 2 saturated carbocycles. The molecule has 314 valence electrons. The molecule has 4 aliphatic rings. The van der Waals surface area contributed by atoms with Crippen molar-refractivity contribution < 1.29 is 68.1 Å². The lowest BCUT2D eigenvalue weighted by Gasteiger charge is -2.67. The second kappa shape index (κ2) is 15.2. The zero-order chi connectivity index (χ0) is 42.7. The Bertz CT molecular complexity index is 1980. The first-order valence-corrected chi connectivity index (χ1v) is 19.3. The minimum absolute atomic E-state index is 0.0637. The van der Waals surface area contributed by atoms with E-state index in [9.17, 15) is 44.4 Å². The van der Waals surface area contributed by atoms with Gasteiger partial charge in [0.2, 0.25) is 0 Å². The highest BCUT2D eigenvalue weighted by Crippen LogP contribution is 2.64. The molecule has 11 atom stereocenters. The van der Waals surface area contributed by atoms with Crippen LogP contribution in [0.3, 0.4) is 0 Å². The molecule has 3 aliphatic carbocycles. The molecule has 2 aromatic carbocycles.